The van der Waals surface area contributed by atoms with Crippen LogP contribution in [0.5, 0.6) is 0 Å². The number of alkyl halides is 2. The zero-order valence-corrected chi connectivity index (χ0v) is 10.1. The Morgan fingerprint density at radius 2 is 2.06 bits per heavy atom. The van der Waals surface area contributed by atoms with Gasteiger partial charge in [0.2, 0.25) is 5.92 Å². The molecule has 1 fully saturated rings. The number of benzene rings is 1. The van der Waals surface area contributed by atoms with Gasteiger partial charge in [-0.15, -0.1) is 0 Å². The second kappa shape index (κ2) is 4.13. The van der Waals surface area contributed by atoms with Gasteiger partial charge >= 0.3 is 0 Å². The fraction of sp³-hybridized carbons (Fsp3) is 0.455. The smallest absolute Gasteiger partial charge is 0.287 e. The Balaban J connectivity index is 2.35. The Hall–Kier alpha value is -1.27. The molecule has 1 aliphatic rings. The van der Waals surface area contributed by atoms with Crippen LogP contribution in [-0.2, 0) is 5.41 Å². The van der Waals surface area contributed by atoms with E-state index < -0.39 is 16.3 Å². The van der Waals surface area contributed by atoms with Crippen molar-refractivity contribution in [3.05, 3.63) is 38.9 Å². The first-order valence-corrected chi connectivity index (χ1v) is 5.70. The van der Waals surface area contributed by atoms with Crippen molar-refractivity contribution in [2.75, 3.05) is 6.54 Å². The summed E-state index contributed by atoms with van der Waals surface area (Å²) in [6, 6.07) is 4.04. The summed E-state index contributed by atoms with van der Waals surface area (Å²) in [5.74, 6) is -2.71. The fourth-order valence-corrected chi connectivity index (χ4v) is 2.64. The number of nitro benzene ring substituents is 1. The van der Waals surface area contributed by atoms with Crippen LogP contribution in [0.2, 0.25) is 5.02 Å². The maximum atomic E-state index is 13.0. The van der Waals surface area contributed by atoms with Crippen molar-refractivity contribution in [2.24, 2.45) is 5.73 Å². The molecule has 7 heteroatoms. The van der Waals surface area contributed by atoms with E-state index in [2.05, 4.69) is 0 Å². The highest BCUT2D eigenvalue weighted by molar-refractivity contribution is 6.32. The summed E-state index contributed by atoms with van der Waals surface area (Å²) in [4.78, 5) is 10.0. The molecular weight excluding hydrogens is 266 g/mol. The molecule has 0 aliphatic heterocycles. The van der Waals surface area contributed by atoms with Crippen LogP contribution in [0, 0.1) is 10.1 Å². The van der Waals surface area contributed by atoms with Crippen LogP contribution in [0.3, 0.4) is 0 Å². The van der Waals surface area contributed by atoms with E-state index in [0.717, 1.165) is 0 Å². The van der Waals surface area contributed by atoms with Crippen molar-refractivity contribution >= 4 is 17.3 Å². The number of nitrogens with two attached hydrogens (primary N) is 1. The third-order valence-corrected chi connectivity index (χ3v) is 3.64. The molecule has 0 unspecified atom stereocenters. The van der Waals surface area contributed by atoms with Crippen LogP contribution >= 0.6 is 11.6 Å². The van der Waals surface area contributed by atoms with E-state index in [-0.39, 0.29) is 30.1 Å². The third kappa shape index (κ3) is 2.06. The molecule has 1 aromatic rings. The van der Waals surface area contributed by atoms with Gasteiger partial charge in [-0.1, -0.05) is 17.7 Å². The number of hydrogen-bond acceptors (Lipinski definition) is 3. The summed E-state index contributed by atoms with van der Waals surface area (Å²) >= 11 is 5.77. The number of halogens is 3. The first-order chi connectivity index (χ1) is 8.30. The summed E-state index contributed by atoms with van der Waals surface area (Å²) in [7, 11) is 0. The normalized spacial score (nSPS) is 20.2. The number of hydrogen-bond donors (Lipinski definition) is 1. The third-order valence-electron chi connectivity index (χ3n) is 3.34. The fourth-order valence-electron chi connectivity index (χ4n) is 2.39. The Labute approximate surface area is 107 Å². The molecule has 0 radical (unpaired) electrons. The van der Waals surface area contributed by atoms with Crippen LogP contribution < -0.4 is 5.73 Å². The van der Waals surface area contributed by atoms with Gasteiger partial charge in [0.15, 0.2) is 0 Å². The first-order valence-electron chi connectivity index (χ1n) is 5.32. The van der Waals surface area contributed by atoms with Crippen molar-refractivity contribution in [3.8, 4) is 0 Å². The lowest BCUT2D eigenvalue weighted by atomic mass is 9.62. The molecule has 1 aromatic carbocycles. The summed E-state index contributed by atoms with van der Waals surface area (Å²) < 4.78 is 26.0. The first kappa shape index (κ1) is 13.2. The van der Waals surface area contributed by atoms with Gasteiger partial charge in [0.05, 0.1) is 4.92 Å². The second-order valence-corrected chi connectivity index (χ2v) is 5.02. The summed E-state index contributed by atoms with van der Waals surface area (Å²) in [5.41, 5.74) is 5.04. The van der Waals surface area contributed by atoms with Gasteiger partial charge in [-0.25, -0.2) is 8.78 Å². The SMILES string of the molecule is NCC1(c2ccc([N+](=O)[O-])c(Cl)c2)CC(F)(F)C1. The molecular formula is C11H11ClF2N2O2. The summed E-state index contributed by atoms with van der Waals surface area (Å²) in [6.45, 7) is 0.0662. The lowest BCUT2D eigenvalue weighted by Gasteiger charge is -2.47. The molecule has 0 saturated heterocycles. The molecule has 0 spiro atoms. The Morgan fingerprint density at radius 1 is 1.44 bits per heavy atom. The minimum Gasteiger partial charge on any atom is -0.330 e. The van der Waals surface area contributed by atoms with Gasteiger partial charge in [0, 0.05) is 30.9 Å². The lowest BCUT2D eigenvalue weighted by molar-refractivity contribution is -0.384. The average molecular weight is 277 g/mol. The number of nitro groups is 1. The average Bonchev–Trinajstić information content (AvgIpc) is 2.24. The van der Waals surface area contributed by atoms with E-state index in [1.165, 1.54) is 18.2 Å². The van der Waals surface area contributed by atoms with Crippen LogP contribution in [0.25, 0.3) is 0 Å². The van der Waals surface area contributed by atoms with Crippen LogP contribution in [0.4, 0.5) is 14.5 Å². The maximum Gasteiger partial charge on any atom is 0.287 e. The quantitative estimate of drug-likeness (QED) is 0.682. The molecule has 98 valence electrons. The van der Waals surface area contributed by atoms with Gasteiger partial charge in [-0.05, 0) is 11.6 Å². The topological polar surface area (TPSA) is 69.2 Å². The highest BCUT2D eigenvalue weighted by atomic mass is 35.5. The summed E-state index contributed by atoms with van der Waals surface area (Å²) in [6.07, 6.45) is -0.685. The van der Waals surface area contributed by atoms with E-state index >= 15 is 0 Å². The molecule has 1 aliphatic carbocycles. The standard InChI is InChI=1S/C11H11ClF2N2O2/c12-8-3-7(1-2-9(8)16(17)18)10(6-15)4-11(13,14)5-10/h1-3H,4-6,15H2. The molecule has 0 heterocycles. The molecule has 4 nitrogen and oxygen atoms in total. The lowest BCUT2D eigenvalue weighted by Crippen LogP contribution is -2.53. The Kier molecular flexibility index (Phi) is 3.03. The van der Waals surface area contributed by atoms with Crippen LogP contribution in [-0.4, -0.2) is 17.4 Å². The van der Waals surface area contributed by atoms with Crippen molar-refractivity contribution < 1.29 is 13.7 Å². The predicted octanol–water partition coefficient (Wildman–Crippen LogP) is 2.87. The van der Waals surface area contributed by atoms with E-state index in [1.54, 1.807) is 0 Å². The van der Waals surface area contributed by atoms with E-state index in [0.29, 0.717) is 5.56 Å². The van der Waals surface area contributed by atoms with Gasteiger partial charge in [0.1, 0.15) is 5.02 Å². The van der Waals surface area contributed by atoms with E-state index in [4.69, 9.17) is 17.3 Å². The maximum absolute atomic E-state index is 13.0. The predicted molar refractivity (Wildman–Crippen MR) is 63.0 cm³/mol. The Bertz CT molecular complexity index is 500. The van der Waals surface area contributed by atoms with Crippen molar-refractivity contribution in [1.82, 2.24) is 0 Å². The zero-order valence-electron chi connectivity index (χ0n) is 9.33. The molecule has 2 rings (SSSR count). The minimum absolute atomic E-state index is 0.0551. The zero-order chi connectivity index (χ0) is 13.6. The highest BCUT2D eigenvalue weighted by Crippen LogP contribution is 2.53. The van der Waals surface area contributed by atoms with Gasteiger partial charge < -0.3 is 5.73 Å². The number of rotatable bonds is 3. The molecule has 1 saturated carbocycles. The van der Waals surface area contributed by atoms with Gasteiger partial charge in [-0.3, -0.25) is 10.1 Å². The highest BCUT2D eigenvalue weighted by Gasteiger charge is 2.56. The van der Waals surface area contributed by atoms with Gasteiger partial charge in [-0.2, -0.15) is 0 Å². The summed E-state index contributed by atoms with van der Waals surface area (Å²) in [5, 5.41) is 10.6. The molecule has 0 amide bonds. The van der Waals surface area contributed by atoms with Gasteiger partial charge in [0.25, 0.3) is 5.69 Å². The van der Waals surface area contributed by atoms with Crippen molar-refractivity contribution in [1.29, 1.82) is 0 Å². The number of nitrogens with zero attached hydrogens (tertiary/aromatic N) is 1. The monoisotopic (exact) mass is 276 g/mol. The molecule has 2 N–H and O–H groups in total. The van der Waals surface area contributed by atoms with Crippen molar-refractivity contribution in [2.45, 2.75) is 24.2 Å². The molecule has 0 aromatic heterocycles. The molecule has 0 atom stereocenters. The van der Waals surface area contributed by atoms with E-state index in [9.17, 15) is 18.9 Å². The Morgan fingerprint density at radius 3 is 2.44 bits per heavy atom. The van der Waals surface area contributed by atoms with Crippen LogP contribution in [0.15, 0.2) is 18.2 Å². The largest absolute Gasteiger partial charge is 0.330 e. The second-order valence-electron chi connectivity index (χ2n) is 4.62. The van der Waals surface area contributed by atoms with E-state index in [1.807, 2.05) is 0 Å². The van der Waals surface area contributed by atoms with Crippen molar-refractivity contribution in [3.63, 3.8) is 0 Å². The molecule has 0 bridgehead atoms. The molecule has 18 heavy (non-hydrogen) atoms. The minimum atomic E-state index is -2.71. The van der Waals surface area contributed by atoms with Crippen LogP contribution in [0.1, 0.15) is 18.4 Å².